The maximum Gasteiger partial charge on any atom is 0.222 e. The summed E-state index contributed by atoms with van der Waals surface area (Å²) in [5.41, 5.74) is 0. The molecule has 57 heavy (non-hydrogen) atoms. The molecule has 3 atom stereocenters. The summed E-state index contributed by atoms with van der Waals surface area (Å²) in [6.45, 7) is 4.19. The number of amides is 1. The van der Waals surface area contributed by atoms with Crippen molar-refractivity contribution in [3.8, 4) is 0 Å². The fraction of sp³-hybridized carbons (Fsp3) is 0.904. The highest BCUT2D eigenvalue weighted by Crippen LogP contribution is 2.18. The maximum atomic E-state index is 12.5. The first-order valence-electron chi connectivity index (χ1n) is 25.6. The van der Waals surface area contributed by atoms with Crippen LogP contribution in [-0.2, 0) is 4.79 Å². The van der Waals surface area contributed by atoms with Crippen molar-refractivity contribution < 1.29 is 20.1 Å². The van der Waals surface area contributed by atoms with Gasteiger partial charge in [0.1, 0.15) is 0 Å². The van der Waals surface area contributed by atoms with Crippen molar-refractivity contribution in [2.75, 3.05) is 6.61 Å². The van der Waals surface area contributed by atoms with E-state index in [2.05, 4.69) is 43.5 Å². The summed E-state index contributed by atoms with van der Waals surface area (Å²) in [7, 11) is 0. The number of nitrogens with one attached hydrogen (secondary N) is 1. The number of aliphatic hydroxyl groups is 3. The van der Waals surface area contributed by atoms with Crippen molar-refractivity contribution in [1.82, 2.24) is 5.32 Å². The SMILES string of the molecule is CC/C=C\C/C=C\CCCCCCCCCCCCCCC(O)CC(=O)NC(CO)C(O)CCCCCCCCCCCCCCCCCCCCCCCCC. The van der Waals surface area contributed by atoms with Crippen LogP contribution in [0.5, 0.6) is 0 Å². The molecular weight excluding hydrogens is 703 g/mol. The van der Waals surface area contributed by atoms with E-state index in [0.717, 1.165) is 38.5 Å². The highest BCUT2D eigenvalue weighted by Gasteiger charge is 2.21. The molecule has 0 saturated heterocycles. The minimum Gasteiger partial charge on any atom is -0.394 e. The van der Waals surface area contributed by atoms with Crippen molar-refractivity contribution in [2.24, 2.45) is 0 Å². The number of carbonyl (C=O) groups is 1. The van der Waals surface area contributed by atoms with Gasteiger partial charge in [0, 0.05) is 0 Å². The molecule has 0 radical (unpaired) electrons. The smallest absolute Gasteiger partial charge is 0.222 e. The summed E-state index contributed by atoms with van der Waals surface area (Å²) in [5.74, 6) is -0.280. The molecule has 0 aromatic heterocycles. The van der Waals surface area contributed by atoms with Crippen molar-refractivity contribution in [1.29, 1.82) is 0 Å². The molecule has 3 unspecified atom stereocenters. The van der Waals surface area contributed by atoms with Gasteiger partial charge in [-0.2, -0.15) is 0 Å². The molecule has 0 aromatic rings. The van der Waals surface area contributed by atoms with Crippen LogP contribution < -0.4 is 5.32 Å². The highest BCUT2D eigenvalue weighted by molar-refractivity contribution is 5.76. The van der Waals surface area contributed by atoms with E-state index in [1.807, 2.05) is 0 Å². The lowest BCUT2D eigenvalue weighted by molar-refractivity contribution is -0.125. The lowest BCUT2D eigenvalue weighted by Crippen LogP contribution is -2.46. The average Bonchev–Trinajstić information content (AvgIpc) is 3.20. The zero-order valence-corrected chi connectivity index (χ0v) is 38.5. The fourth-order valence-electron chi connectivity index (χ4n) is 8.15. The number of carbonyl (C=O) groups excluding carboxylic acids is 1. The molecule has 0 rings (SSSR count). The number of aliphatic hydroxyl groups excluding tert-OH is 3. The first kappa shape index (κ1) is 55.8. The van der Waals surface area contributed by atoms with Crippen LogP contribution in [0, 0.1) is 0 Å². The number of hydrogen-bond acceptors (Lipinski definition) is 4. The van der Waals surface area contributed by atoms with E-state index in [1.54, 1.807) is 0 Å². The predicted molar refractivity (Wildman–Crippen MR) is 250 cm³/mol. The van der Waals surface area contributed by atoms with Crippen LogP contribution in [0.1, 0.15) is 277 Å². The van der Waals surface area contributed by atoms with Gasteiger partial charge in [-0.25, -0.2) is 0 Å². The quantitative estimate of drug-likeness (QED) is 0.0364. The van der Waals surface area contributed by atoms with Crippen LogP contribution in [-0.4, -0.2) is 46.1 Å². The highest BCUT2D eigenvalue weighted by atomic mass is 16.3. The monoisotopic (exact) mass is 804 g/mol. The van der Waals surface area contributed by atoms with Crippen molar-refractivity contribution in [3.63, 3.8) is 0 Å². The summed E-state index contributed by atoms with van der Waals surface area (Å²) in [4.78, 5) is 12.5. The zero-order valence-electron chi connectivity index (χ0n) is 38.5. The van der Waals surface area contributed by atoms with E-state index >= 15 is 0 Å². The average molecular weight is 804 g/mol. The van der Waals surface area contributed by atoms with Crippen molar-refractivity contribution in [2.45, 2.75) is 295 Å². The Bertz CT molecular complexity index is 844. The van der Waals surface area contributed by atoms with E-state index in [9.17, 15) is 20.1 Å². The number of hydrogen-bond donors (Lipinski definition) is 4. The molecule has 4 N–H and O–H groups in total. The summed E-state index contributed by atoms with van der Waals surface area (Å²) < 4.78 is 0. The van der Waals surface area contributed by atoms with E-state index in [0.29, 0.717) is 12.8 Å². The lowest BCUT2D eigenvalue weighted by Gasteiger charge is -2.23. The van der Waals surface area contributed by atoms with E-state index in [-0.39, 0.29) is 18.9 Å². The van der Waals surface area contributed by atoms with Gasteiger partial charge in [0.2, 0.25) is 5.91 Å². The zero-order chi connectivity index (χ0) is 41.5. The van der Waals surface area contributed by atoms with Gasteiger partial charge < -0.3 is 20.6 Å². The molecule has 0 aliphatic carbocycles. The second kappa shape index (κ2) is 47.5. The Balaban J connectivity index is 3.54. The molecule has 0 spiro atoms. The fourth-order valence-corrected chi connectivity index (χ4v) is 8.15. The molecule has 5 heteroatoms. The molecule has 0 aliphatic rings. The van der Waals surface area contributed by atoms with Crippen LogP contribution in [0.4, 0.5) is 0 Å². The number of rotatable bonds is 47. The van der Waals surface area contributed by atoms with Gasteiger partial charge in [0.25, 0.3) is 0 Å². The van der Waals surface area contributed by atoms with E-state index in [1.165, 1.54) is 205 Å². The minimum absolute atomic E-state index is 0.0377. The Morgan fingerprint density at radius 1 is 0.456 bits per heavy atom. The molecule has 0 saturated carbocycles. The van der Waals surface area contributed by atoms with Gasteiger partial charge >= 0.3 is 0 Å². The van der Waals surface area contributed by atoms with Crippen LogP contribution in [0.3, 0.4) is 0 Å². The molecule has 0 bridgehead atoms. The maximum absolute atomic E-state index is 12.5. The first-order chi connectivity index (χ1) is 28.0. The van der Waals surface area contributed by atoms with Crippen LogP contribution >= 0.6 is 0 Å². The molecular formula is C52H101NO4. The lowest BCUT2D eigenvalue weighted by atomic mass is 10.0. The van der Waals surface area contributed by atoms with Gasteiger partial charge in [0.05, 0.1) is 31.3 Å². The minimum atomic E-state index is -0.749. The number of allylic oxidation sites excluding steroid dienone is 4. The topological polar surface area (TPSA) is 89.8 Å². The standard InChI is InChI=1S/C52H101NO4/c1-3-5-7-9-11-13-15-17-19-21-23-24-25-26-28-30-32-34-36-38-40-42-44-46-51(56)50(48-54)53-52(57)47-49(55)45-43-41-39-37-35-33-31-29-27-22-20-18-16-14-12-10-8-6-4-2/h6,8,12,14,49-51,54-56H,3-5,7,9-11,13,15-48H2,1-2H3,(H,53,57)/b8-6-,14-12-. The van der Waals surface area contributed by atoms with Gasteiger partial charge in [-0.3, -0.25) is 4.79 Å². The molecule has 0 heterocycles. The summed E-state index contributed by atoms with van der Waals surface area (Å²) in [6, 6.07) is -0.658. The second-order valence-corrected chi connectivity index (χ2v) is 17.8. The molecule has 338 valence electrons. The van der Waals surface area contributed by atoms with E-state index in [4.69, 9.17) is 0 Å². The normalized spacial score (nSPS) is 13.6. The molecule has 1 amide bonds. The van der Waals surface area contributed by atoms with Crippen LogP contribution in [0.2, 0.25) is 0 Å². The van der Waals surface area contributed by atoms with Gasteiger partial charge in [-0.1, -0.05) is 256 Å². The Hall–Kier alpha value is -1.17. The summed E-state index contributed by atoms with van der Waals surface area (Å²) in [5, 5.41) is 33.6. The third kappa shape index (κ3) is 44.2. The van der Waals surface area contributed by atoms with Gasteiger partial charge in [-0.05, 0) is 38.5 Å². The number of unbranched alkanes of at least 4 members (excludes halogenated alkanes) is 34. The van der Waals surface area contributed by atoms with E-state index < -0.39 is 18.2 Å². The third-order valence-corrected chi connectivity index (χ3v) is 12.0. The Labute approximate surface area is 356 Å². The first-order valence-corrected chi connectivity index (χ1v) is 25.6. The third-order valence-electron chi connectivity index (χ3n) is 12.0. The van der Waals surface area contributed by atoms with Gasteiger partial charge in [-0.15, -0.1) is 0 Å². The van der Waals surface area contributed by atoms with Gasteiger partial charge in [0.15, 0.2) is 0 Å². The largest absolute Gasteiger partial charge is 0.394 e. The Morgan fingerprint density at radius 3 is 1.19 bits per heavy atom. The predicted octanol–water partition coefficient (Wildman–Crippen LogP) is 15.3. The summed E-state index contributed by atoms with van der Waals surface area (Å²) in [6.07, 6.45) is 58.8. The second-order valence-electron chi connectivity index (χ2n) is 17.8. The van der Waals surface area contributed by atoms with Crippen LogP contribution in [0.25, 0.3) is 0 Å². The Kier molecular flexibility index (Phi) is 46.5. The Morgan fingerprint density at radius 2 is 0.807 bits per heavy atom. The molecule has 0 fully saturated rings. The molecule has 5 nitrogen and oxygen atoms in total. The van der Waals surface area contributed by atoms with Crippen molar-refractivity contribution >= 4 is 5.91 Å². The molecule has 0 aliphatic heterocycles. The summed E-state index contributed by atoms with van der Waals surface area (Å²) >= 11 is 0. The van der Waals surface area contributed by atoms with Crippen molar-refractivity contribution in [3.05, 3.63) is 24.3 Å². The van der Waals surface area contributed by atoms with Crippen LogP contribution in [0.15, 0.2) is 24.3 Å². The molecule has 0 aromatic carbocycles.